The van der Waals surface area contributed by atoms with Crippen LogP contribution in [0.3, 0.4) is 0 Å². The Morgan fingerprint density at radius 3 is 2.84 bits per heavy atom. The van der Waals surface area contributed by atoms with E-state index in [4.69, 9.17) is 5.11 Å². The van der Waals surface area contributed by atoms with E-state index in [0.29, 0.717) is 11.7 Å². The Morgan fingerprint density at radius 1 is 1.37 bits per heavy atom. The third-order valence-electron chi connectivity index (χ3n) is 3.15. The summed E-state index contributed by atoms with van der Waals surface area (Å²) in [6, 6.07) is 7.55. The molecule has 2 N–H and O–H groups in total. The Hall–Kier alpha value is -2.30. The SMILES string of the molecule is O=C(Nc1ccc(O)cc1F)c1cccn1C1CC1. The number of hydrogen-bond donors (Lipinski definition) is 2. The van der Waals surface area contributed by atoms with E-state index in [2.05, 4.69) is 5.32 Å². The van der Waals surface area contributed by atoms with Crippen molar-refractivity contribution in [1.29, 1.82) is 0 Å². The number of carbonyl (C=O) groups is 1. The third-order valence-corrected chi connectivity index (χ3v) is 3.15. The molecule has 1 fully saturated rings. The van der Waals surface area contributed by atoms with Gasteiger partial charge >= 0.3 is 0 Å². The summed E-state index contributed by atoms with van der Waals surface area (Å²) in [6.07, 6.45) is 4.00. The summed E-state index contributed by atoms with van der Waals surface area (Å²) in [5.74, 6) is -1.17. The van der Waals surface area contributed by atoms with Crippen molar-refractivity contribution in [1.82, 2.24) is 4.57 Å². The maximum Gasteiger partial charge on any atom is 0.272 e. The highest BCUT2D eigenvalue weighted by molar-refractivity contribution is 6.03. The van der Waals surface area contributed by atoms with Crippen LogP contribution < -0.4 is 5.32 Å². The number of nitrogens with one attached hydrogen (secondary N) is 1. The van der Waals surface area contributed by atoms with E-state index in [-0.39, 0.29) is 17.3 Å². The van der Waals surface area contributed by atoms with E-state index in [0.717, 1.165) is 18.9 Å². The molecule has 3 rings (SSSR count). The van der Waals surface area contributed by atoms with E-state index < -0.39 is 5.82 Å². The first kappa shape index (κ1) is 11.8. The van der Waals surface area contributed by atoms with Crippen molar-refractivity contribution in [2.45, 2.75) is 18.9 Å². The van der Waals surface area contributed by atoms with Gasteiger partial charge in [0.05, 0.1) is 5.69 Å². The minimum absolute atomic E-state index is 0.0614. The molecule has 1 amide bonds. The lowest BCUT2D eigenvalue weighted by molar-refractivity contribution is 0.101. The summed E-state index contributed by atoms with van der Waals surface area (Å²) in [4.78, 5) is 12.1. The fourth-order valence-corrected chi connectivity index (χ4v) is 2.05. The van der Waals surface area contributed by atoms with Gasteiger partial charge in [-0.1, -0.05) is 0 Å². The number of phenolic OH excluding ortho intramolecular Hbond substituents is 1. The Labute approximate surface area is 109 Å². The zero-order chi connectivity index (χ0) is 13.4. The molecule has 98 valence electrons. The minimum atomic E-state index is -0.655. The standard InChI is InChI=1S/C14H13FN2O2/c15-11-8-10(18)5-6-12(11)16-14(19)13-2-1-7-17(13)9-3-4-9/h1-2,5-9,18H,3-4H2,(H,16,19). The van der Waals surface area contributed by atoms with Crippen molar-refractivity contribution in [2.24, 2.45) is 0 Å². The summed E-state index contributed by atoms with van der Waals surface area (Å²) >= 11 is 0. The van der Waals surface area contributed by atoms with Crippen molar-refractivity contribution in [3.05, 3.63) is 48.0 Å². The van der Waals surface area contributed by atoms with Gasteiger partial charge in [0.15, 0.2) is 0 Å². The summed E-state index contributed by atoms with van der Waals surface area (Å²) in [5, 5.41) is 11.6. The first-order chi connectivity index (χ1) is 9.15. The highest BCUT2D eigenvalue weighted by atomic mass is 19.1. The number of benzene rings is 1. The Morgan fingerprint density at radius 2 is 2.16 bits per heavy atom. The highest BCUT2D eigenvalue weighted by Gasteiger charge is 2.26. The molecule has 0 aliphatic heterocycles. The lowest BCUT2D eigenvalue weighted by Crippen LogP contribution is -2.17. The second-order valence-corrected chi connectivity index (χ2v) is 4.65. The van der Waals surface area contributed by atoms with Crippen molar-refractivity contribution in [3.8, 4) is 5.75 Å². The van der Waals surface area contributed by atoms with Gasteiger partial charge in [0.1, 0.15) is 17.3 Å². The van der Waals surface area contributed by atoms with Crippen LogP contribution in [0, 0.1) is 5.82 Å². The van der Waals surface area contributed by atoms with Crippen LogP contribution in [0.1, 0.15) is 29.4 Å². The molecule has 0 saturated heterocycles. The normalized spacial score (nSPS) is 14.4. The molecule has 19 heavy (non-hydrogen) atoms. The van der Waals surface area contributed by atoms with Gasteiger partial charge in [-0.15, -0.1) is 0 Å². The number of amides is 1. The number of aromatic hydroxyl groups is 1. The van der Waals surface area contributed by atoms with Crippen LogP contribution in [0.15, 0.2) is 36.5 Å². The van der Waals surface area contributed by atoms with Crippen molar-refractivity contribution in [2.75, 3.05) is 5.32 Å². The van der Waals surface area contributed by atoms with Crippen LogP contribution in [0.4, 0.5) is 10.1 Å². The van der Waals surface area contributed by atoms with Crippen LogP contribution in [-0.2, 0) is 0 Å². The zero-order valence-corrected chi connectivity index (χ0v) is 10.1. The Kier molecular flexibility index (Phi) is 2.74. The number of aromatic nitrogens is 1. The summed E-state index contributed by atoms with van der Waals surface area (Å²) in [6.45, 7) is 0. The number of hydrogen-bond acceptors (Lipinski definition) is 2. The van der Waals surface area contributed by atoms with Gasteiger partial charge in [0.2, 0.25) is 0 Å². The molecule has 1 aliphatic carbocycles. The Balaban J connectivity index is 1.82. The molecule has 0 bridgehead atoms. The molecule has 1 aromatic carbocycles. The van der Waals surface area contributed by atoms with Gasteiger partial charge in [-0.3, -0.25) is 4.79 Å². The van der Waals surface area contributed by atoms with Crippen molar-refractivity contribution in [3.63, 3.8) is 0 Å². The van der Waals surface area contributed by atoms with E-state index in [9.17, 15) is 9.18 Å². The topological polar surface area (TPSA) is 54.3 Å². The number of anilines is 1. The summed E-state index contributed by atoms with van der Waals surface area (Å²) in [5.41, 5.74) is 0.585. The fraction of sp³-hybridized carbons (Fsp3) is 0.214. The van der Waals surface area contributed by atoms with E-state index in [1.807, 2.05) is 10.8 Å². The average molecular weight is 260 g/mol. The third kappa shape index (κ3) is 2.31. The lowest BCUT2D eigenvalue weighted by atomic mass is 10.2. The van der Waals surface area contributed by atoms with Gasteiger partial charge in [0, 0.05) is 18.3 Å². The van der Waals surface area contributed by atoms with Crippen LogP contribution in [-0.4, -0.2) is 15.6 Å². The lowest BCUT2D eigenvalue weighted by Gasteiger charge is -2.09. The first-order valence-corrected chi connectivity index (χ1v) is 6.12. The van der Waals surface area contributed by atoms with Crippen molar-refractivity contribution >= 4 is 11.6 Å². The molecular weight excluding hydrogens is 247 g/mol. The van der Waals surface area contributed by atoms with E-state index in [1.54, 1.807) is 12.1 Å². The zero-order valence-electron chi connectivity index (χ0n) is 10.1. The second kappa shape index (κ2) is 4.42. The largest absolute Gasteiger partial charge is 0.508 e. The molecule has 1 heterocycles. The predicted molar refractivity (Wildman–Crippen MR) is 68.7 cm³/mol. The number of nitrogens with zero attached hydrogens (tertiary/aromatic N) is 1. The smallest absolute Gasteiger partial charge is 0.272 e. The van der Waals surface area contributed by atoms with Gasteiger partial charge in [-0.2, -0.15) is 0 Å². The minimum Gasteiger partial charge on any atom is -0.508 e. The molecule has 1 aromatic heterocycles. The quantitative estimate of drug-likeness (QED) is 0.834. The molecular formula is C14H13FN2O2. The number of halogens is 1. The molecule has 0 radical (unpaired) electrons. The molecule has 2 aromatic rings. The maximum atomic E-state index is 13.5. The van der Waals surface area contributed by atoms with Crippen molar-refractivity contribution < 1.29 is 14.3 Å². The summed E-state index contributed by atoms with van der Waals surface area (Å²) in [7, 11) is 0. The summed E-state index contributed by atoms with van der Waals surface area (Å²) < 4.78 is 15.5. The van der Waals surface area contributed by atoms with E-state index >= 15 is 0 Å². The molecule has 0 spiro atoms. The van der Waals surface area contributed by atoms with Crippen LogP contribution in [0.2, 0.25) is 0 Å². The van der Waals surface area contributed by atoms with Crippen LogP contribution in [0.25, 0.3) is 0 Å². The number of carbonyl (C=O) groups excluding carboxylic acids is 1. The molecule has 4 nitrogen and oxygen atoms in total. The van der Waals surface area contributed by atoms with E-state index in [1.165, 1.54) is 12.1 Å². The van der Waals surface area contributed by atoms with Crippen LogP contribution >= 0.6 is 0 Å². The molecule has 0 atom stereocenters. The van der Waals surface area contributed by atoms with Crippen LogP contribution in [0.5, 0.6) is 5.75 Å². The number of rotatable bonds is 3. The van der Waals surface area contributed by atoms with Gasteiger partial charge < -0.3 is 15.0 Å². The second-order valence-electron chi connectivity index (χ2n) is 4.65. The maximum absolute atomic E-state index is 13.5. The predicted octanol–water partition coefficient (Wildman–Crippen LogP) is 2.92. The number of phenols is 1. The monoisotopic (exact) mass is 260 g/mol. The Bertz CT molecular complexity index is 632. The molecule has 1 saturated carbocycles. The first-order valence-electron chi connectivity index (χ1n) is 6.12. The van der Waals surface area contributed by atoms with Gasteiger partial charge in [-0.05, 0) is 37.1 Å². The molecule has 5 heteroatoms. The molecule has 1 aliphatic rings. The molecule has 0 unspecified atom stereocenters. The highest BCUT2D eigenvalue weighted by Crippen LogP contribution is 2.36. The van der Waals surface area contributed by atoms with Gasteiger partial charge in [0.25, 0.3) is 5.91 Å². The average Bonchev–Trinajstić information content (AvgIpc) is 3.10. The van der Waals surface area contributed by atoms with Gasteiger partial charge in [-0.25, -0.2) is 4.39 Å². The fourth-order valence-electron chi connectivity index (χ4n) is 2.05.